The van der Waals surface area contributed by atoms with Crippen molar-refractivity contribution in [2.75, 3.05) is 30.4 Å². The molecule has 3 heterocycles. The van der Waals surface area contributed by atoms with Crippen molar-refractivity contribution in [1.29, 1.82) is 0 Å². The molecule has 1 atom stereocenters. The first kappa shape index (κ1) is 33.0. The van der Waals surface area contributed by atoms with E-state index in [2.05, 4.69) is 19.8 Å². The molecule has 0 aliphatic carbocycles. The van der Waals surface area contributed by atoms with Crippen molar-refractivity contribution in [3.8, 4) is 28.3 Å². The number of ether oxygens (including phenoxy) is 1. The molecule has 1 saturated heterocycles. The van der Waals surface area contributed by atoms with E-state index in [1.54, 1.807) is 19.5 Å². The highest BCUT2D eigenvalue weighted by Gasteiger charge is 2.29. The number of piperidine rings is 1. The van der Waals surface area contributed by atoms with Crippen molar-refractivity contribution in [2.24, 2.45) is 5.73 Å². The zero-order valence-electron chi connectivity index (χ0n) is 27.0. The molecule has 0 radical (unpaired) electrons. The van der Waals surface area contributed by atoms with Gasteiger partial charge in [0.15, 0.2) is 0 Å². The number of hydrogen-bond donors (Lipinski definition) is 3. The fourth-order valence-corrected chi connectivity index (χ4v) is 7.37. The van der Waals surface area contributed by atoms with Gasteiger partial charge in [-0.3, -0.25) is 4.79 Å². The molecule has 1 aliphatic heterocycles. The van der Waals surface area contributed by atoms with Gasteiger partial charge in [-0.25, -0.2) is 4.98 Å². The molecule has 1 unspecified atom stereocenters. The number of nitrogens with two attached hydrogens (primary N) is 1. The number of aromatic amines is 1. The lowest BCUT2D eigenvalue weighted by Crippen LogP contribution is -2.40. The lowest BCUT2D eigenvalue weighted by Gasteiger charge is -2.33. The molecule has 1 fully saturated rings. The van der Waals surface area contributed by atoms with Crippen LogP contribution in [0.5, 0.6) is 5.75 Å². The monoisotopic (exact) mass is 712 g/mol. The average molecular weight is 714 g/mol. The Balaban J connectivity index is 1.41. The second-order valence-electron chi connectivity index (χ2n) is 12.3. The predicted octanol–water partition coefficient (Wildman–Crippen LogP) is 9.46. The van der Waals surface area contributed by atoms with Crippen LogP contribution in [0.25, 0.3) is 33.4 Å². The van der Waals surface area contributed by atoms with E-state index in [-0.39, 0.29) is 18.0 Å². The molecule has 4 N–H and O–H groups in total. The number of aromatic nitrogens is 3. The smallest absolute Gasteiger partial charge is 0.272 e. The molecule has 1 amide bonds. The van der Waals surface area contributed by atoms with Gasteiger partial charge in [-0.15, -0.1) is 0 Å². The number of amides is 1. The van der Waals surface area contributed by atoms with Crippen molar-refractivity contribution in [2.45, 2.75) is 31.8 Å². The molecule has 4 aromatic carbocycles. The molecule has 0 spiro atoms. The number of H-pyrrole nitrogens is 1. The van der Waals surface area contributed by atoms with Crippen LogP contribution in [-0.2, 0) is 0 Å². The summed E-state index contributed by atoms with van der Waals surface area (Å²) in [4.78, 5) is 25.2. The number of halogens is 3. The summed E-state index contributed by atoms with van der Waals surface area (Å²) in [6.45, 7) is 3.63. The van der Waals surface area contributed by atoms with Crippen molar-refractivity contribution in [3.05, 3.63) is 118 Å². The lowest BCUT2D eigenvalue weighted by molar-refractivity contribution is 0.102. The van der Waals surface area contributed by atoms with E-state index in [1.807, 2.05) is 85.8 Å². The summed E-state index contributed by atoms with van der Waals surface area (Å²) in [6, 6.07) is 26.6. The topological polar surface area (TPSA) is 101 Å². The van der Waals surface area contributed by atoms with Gasteiger partial charge in [-0.05, 0) is 61.7 Å². The Morgan fingerprint density at radius 1 is 0.980 bits per heavy atom. The maximum absolute atomic E-state index is 14.6. The number of carbonyl (C=O) groups is 1. The third kappa shape index (κ3) is 6.49. The van der Waals surface area contributed by atoms with E-state index in [1.165, 1.54) is 0 Å². The third-order valence-corrected chi connectivity index (χ3v) is 10.0. The maximum Gasteiger partial charge on any atom is 0.272 e. The van der Waals surface area contributed by atoms with E-state index in [4.69, 9.17) is 50.3 Å². The second kappa shape index (κ2) is 13.8. The van der Waals surface area contributed by atoms with Gasteiger partial charge in [-0.1, -0.05) is 77.3 Å². The maximum atomic E-state index is 14.6. The number of anilines is 2. The first-order valence-corrected chi connectivity index (χ1v) is 17.2. The minimum Gasteiger partial charge on any atom is -0.497 e. The first-order chi connectivity index (χ1) is 23.7. The predicted molar refractivity (Wildman–Crippen MR) is 201 cm³/mol. The number of imidazole rings is 1. The van der Waals surface area contributed by atoms with E-state index >= 15 is 0 Å². The molecule has 7 rings (SSSR count). The van der Waals surface area contributed by atoms with Gasteiger partial charge in [0.25, 0.3) is 5.91 Å². The van der Waals surface area contributed by atoms with Crippen molar-refractivity contribution >= 4 is 63.0 Å². The largest absolute Gasteiger partial charge is 0.497 e. The zero-order valence-corrected chi connectivity index (χ0v) is 29.3. The number of hydrogen-bond acceptors (Lipinski definition) is 5. The number of rotatable bonds is 8. The van der Waals surface area contributed by atoms with E-state index in [0.717, 1.165) is 53.8 Å². The molecule has 0 saturated carbocycles. The SMILES string of the molecule is COc1ccc(N2CCC(N)CC2)c(NC(=O)c2[nH]c3cc(Cl)ccc3c2-c2c(-c3ccccc3)ncn2C(C)c2ccc(Cl)cc2Cl)c1. The van der Waals surface area contributed by atoms with Crippen LogP contribution in [0.1, 0.15) is 41.9 Å². The standard InChI is InChI=1S/C38H35Cl3N6O2/c1-22(28-11-8-24(39)18-30(28)41)47-21-43-35(23-6-4-3-5-7-23)37(47)34-29-12-9-25(40)19-31(29)44-36(34)38(48)45-32-20-27(49-2)10-13-33(32)46-16-14-26(42)15-17-46/h3-13,18-22,26,44H,14-17,42H2,1-2H3,(H,45,48). The number of benzene rings is 4. The Morgan fingerprint density at radius 2 is 1.71 bits per heavy atom. The number of carbonyl (C=O) groups excluding carboxylic acids is 1. The van der Waals surface area contributed by atoms with Gasteiger partial charge < -0.3 is 30.2 Å². The van der Waals surface area contributed by atoms with Crippen LogP contribution in [0.3, 0.4) is 0 Å². The van der Waals surface area contributed by atoms with Crippen LogP contribution < -0.4 is 20.7 Å². The summed E-state index contributed by atoms with van der Waals surface area (Å²) in [5.41, 5.74) is 12.8. The lowest BCUT2D eigenvalue weighted by atomic mass is 9.99. The fraction of sp³-hybridized carbons (Fsp3) is 0.211. The Hall–Kier alpha value is -4.47. The van der Waals surface area contributed by atoms with E-state index in [9.17, 15) is 4.79 Å². The molecule has 49 heavy (non-hydrogen) atoms. The highest BCUT2D eigenvalue weighted by Crippen LogP contribution is 2.43. The molecule has 1 aliphatic rings. The van der Waals surface area contributed by atoms with Gasteiger partial charge >= 0.3 is 0 Å². The van der Waals surface area contributed by atoms with Crippen LogP contribution >= 0.6 is 34.8 Å². The van der Waals surface area contributed by atoms with Gasteiger partial charge in [0.1, 0.15) is 11.4 Å². The summed E-state index contributed by atoms with van der Waals surface area (Å²) in [6.07, 6.45) is 3.54. The molecule has 6 aromatic rings. The van der Waals surface area contributed by atoms with Gasteiger partial charge in [0.2, 0.25) is 0 Å². The highest BCUT2D eigenvalue weighted by atomic mass is 35.5. The summed E-state index contributed by atoms with van der Waals surface area (Å²) in [5, 5.41) is 5.67. The van der Waals surface area contributed by atoms with Crippen LogP contribution in [-0.4, -0.2) is 46.7 Å². The number of nitrogens with zero attached hydrogens (tertiary/aromatic N) is 3. The molecule has 8 nitrogen and oxygen atoms in total. The Kier molecular flexibility index (Phi) is 9.31. The van der Waals surface area contributed by atoms with Crippen LogP contribution in [0.15, 0.2) is 91.3 Å². The van der Waals surface area contributed by atoms with Crippen molar-refractivity contribution in [1.82, 2.24) is 14.5 Å². The van der Waals surface area contributed by atoms with Gasteiger partial charge in [0.05, 0.1) is 42.2 Å². The number of nitrogens with one attached hydrogen (secondary N) is 2. The highest BCUT2D eigenvalue weighted by molar-refractivity contribution is 6.35. The minimum atomic E-state index is -0.325. The summed E-state index contributed by atoms with van der Waals surface area (Å²) >= 11 is 19.5. The normalized spacial score (nSPS) is 14.3. The average Bonchev–Trinajstić information content (AvgIpc) is 3.70. The minimum absolute atomic E-state index is 0.169. The third-order valence-electron chi connectivity index (χ3n) is 9.23. The van der Waals surface area contributed by atoms with Gasteiger partial charge in [0, 0.05) is 62.3 Å². The quantitative estimate of drug-likeness (QED) is 0.146. The summed E-state index contributed by atoms with van der Waals surface area (Å²) in [5.74, 6) is 0.309. The van der Waals surface area contributed by atoms with E-state index < -0.39 is 0 Å². The number of methoxy groups -OCH3 is 1. The Labute approximate surface area is 299 Å². The fourth-order valence-electron chi connectivity index (χ4n) is 6.63. The van der Waals surface area contributed by atoms with Gasteiger partial charge in [-0.2, -0.15) is 0 Å². The molecule has 11 heteroatoms. The molecule has 2 aromatic heterocycles. The van der Waals surface area contributed by atoms with Crippen LogP contribution in [0.2, 0.25) is 15.1 Å². The van der Waals surface area contributed by atoms with Crippen LogP contribution in [0, 0.1) is 0 Å². The summed E-state index contributed by atoms with van der Waals surface area (Å²) < 4.78 is 7.62. The molecular formula is C38H35Cl3N6O2. The Bertz CT molecular complexity index is 2150. The Morgan fingerprint density at radius 3 is 2.45 bits per heavy atom. The van der Waals surface area contributed by atoms with E-state index in [0.29, 0.717) is 49.0 Å². The molecule has 0 bridgehead atoms. The molecular weight excluding hydrogens is 679 g/mol. The number of fused-ring (bicyclic) bond motifs is 1. The van der Waals surface area contributed by atoms with Crippen molar-refractivity contribution in [3.63, 3.8) is 0 Å². The summed E-state index contributed by atoms with van der Waals surface area (Å²) in [7, 11) is 1.61. The zero-order chi connectivity index (χ0) is 34.2. The second-order valence-corrected chi connectivity index (χ2v) is 13.6. The first-order valence-electron chi connectivity index (χ1n) is 16.1. The van der Waals surface area contributed by atoms with Crippen molar-refractivity contribution < 1.29 is 9.53 Å². The van der Waals surface area contributed by atoms with Crippen LogP contribution in [0.4, 0.5) is 11.4 Å². The molecule has 250 valence electrons.